The number of hydrogen-bond donors (Lipinski definition) is 1. The molecule has 124 valence electrons. The van der Waals surface area contributed by atoms with Crippen LogP contribution in [0.15, 0.2) is 28.8 Å². The van der Waals surface area contributed by atoms with E-state index in [4.69, 9.17) is 4.52 Å². The fourth-order valence-electron chi connectivity index (χ4n) is 1.81. The van der Waals surface area contributed by atoms with Crippen molar-refractivity contribution in [2.45, 2.75) is 53.4 Å². The first kappa shape index (κ1) is 17.2. The fourth-order valence-corrected chi connectivity index (χ4v) is 1.81. The van der Waals surface area contributed by atoms with E-state index in [0.29, 0.717) is 11.7 Å². The molecule has 0 radical (unpaired) electrons. The molecule has 23 heavy (non-hydrogen) atoms. The van der Waals surface area contributed by atoms with Gasteiger partial charge in [-0.15, -0.1) is 0 Å². The van der Waals surface area contributed by atoms with E-state index < -0.39 is 0 Å². The highest BCUT2D eigenvalue weighted by Gasteiger charge is 2.25. The molecule has 0 saturated carbocycles. The predicted molar refractivity (Wildman–Crippen MR) is 91.1 cm³/mol. The van der Waals surface area contributed by atoms with Crippen molar-refractivity contribution in [1.29, 1.82) is 0 Å². The molecule has 0 saturated heterocycles. The van der Waals surface area contributed by atoms with Crippen LogP contribution in [0.25, 0.3) is 11.4 Å². The molecule has 0 aliphatic rings. The largest absolute Gasteiger partial charge is 0.338 e. The molecule has 0 spiro atoms. The summed E-state index contributed by atoms with van der Waals surface area (Å²) in [7, 11) is 0. The van der Waals surface area contributed by atoms with Gasteiger partial charge in [0.1, 0.15) is 0 Å². The zero-order chi connectivity index (χ0) is 17.3. The highest BCUT2D eigenvalue weighted by molar-refractivity contribution is 5.94. The minimum absolute atomic E-state index is 0.0160. The van der Waals surface area contributed by atoms with Crippen LogP contribution in [0.2, 0.25) is 0 Å². The van der Waals surface area contributed by atoms with Crippen molar-refractivity contribution in [3.63, 3.8) is 0 Å². The number of carbonyl (C=O) groups is 1. The topological polar surface area (TPSA) is 68.0 Å². The van der Waals surface area contributed by atoms with Crippen LogP contribution >= 0.6 is 0 Å². The first-order valence-corrected chi connectivity index (χ1v) is 7.89. The molecule has 0 aliphatic heterocycles. The molecule has 1 heterocycles. The summed E-state index contributed by atoms with van der Waals surface area (Å²) in [6.45, 7) is 12.0. The molecule has 5 nitrogen and oxygen atoms in total. The Hall–Kier alpha value is -2.17. The van der Waals surface area contributed by atoms with Gasteiger partial charge in [-0.3, -0.25) is 4.79 Å². The Morgan fingerprint density at radius 3 is 2.22 bits per heavy atom. The second kappa shape index (κ2) is 6.14. The lowest BCUT2D eigenvalue weighted by Crippen LogP contribution is -2.29. The molecule has 0 fully saturated rings. The van der Waals surface area contributed by atoms with Crippen LogP contribution in [-0.4, -0.2) is 16.0 Å². The zero-order valence-electron chi connectivity index (χ0n) is 14.7. The van der Waals surface area contributed by atoms with E-state index in [9.17, 15) is 4.79 Å². The minimum atomic E-state index is -0.381. The molecule has 1 aromatic heterocycles. The standard InChI is InChI=1S/C18H25N3O2/c1-7-18(5,6)15(22)19-13-10-8-12(9-11-13)14-20-16(23-21-14)17(2,3)4/h8-11H,7H2,1-6H3,(H,19,22). The number of rotatable bonds is 4. The maximum absolute atomic E-state index is 12.2. The predicted octanol–water partition coefficient (Wildman–Crippen LogP) is 4.41. The monoisotopic (exact) mass is 315 g/mol. The number of hydrogen-bond acceptors (Lipinski definition) is 4. The summed E-state index contributed by atoms with van der Waals surface area (Å²) in [4.78, 5) is 16.6. The molecule has 2 aromatic rings. The van der Waals surface area contributed by atoms with Gasteiger partial charge < -0.3 is 9.84 Å². The van der Waals surface area contributed by atoms with Crippen LogP contribution in [0.3, 0.4) is 0 Å². The third-order valence-corrected chi connectivity index (χ3v) is 3.97. The average Bonchev–Trinajstić information content (AvgIpc) is 2.98. The molecule has 0 unspecified atom stereocenters. The van der Waals surface area contributed by atoms with Crippen molar-refractivity contribution in [2.24, 2.45) is 5.41 Å². The molecule has 0 aliphatic carbocycles. The van der Waals surface area contributed by atoms with Crippen LogP contribution < -0.4 is 5.32 Å². The molecule has 1 amide bonds. The molecule has 0 bridgehead atoms. The second-order valence-corrected chi connectivity index (χ2v) is 7.44. The quantitative estimate of drug-likeness (QED) is 0.907. The van der Waals surface area contributed by atoms with Gasteiger partial charge >= 0.3 is 0 Å². The summed E-state index contributed by atoms with van der Waals surface area (Å²) in [5.74, 6) is 1.18. The number of benzene rings is 1. The van der Waals surface area contributed by atoms with Gasteiger partial charge in [-0.2, -0.15) is 4.98 Å². The van der Waals surface area contributed by atoms with Gasteiger partial charge in [-0.05, 0) is 30.7 Å². The third-order valence-electron chi connectivity index (χ3n) is 3.97. The summed E-state index contributed by atoms with van der Waals surface area (Å²) in [6, 6.07) is 7.47. The lowest BCUT2D eigenvalue weighted by Gasteiger charge is -2.21. The Labute approximate surface area is 137 Å². The normalized spacial score (nSPS) is 12.3. The van der Waals surface area contributed by atoms with E-state index in [2.05, 4.69) is 15.5 Å². The highest BCUT2D eigenvalue weighted by Crippen LogP contribution is 2.26. The van der Waals surface area contributed by atoms with Gasteiger partial charge in [0.25, 0.3) is 0 Å². The molecule has 2 rings (SSSR count). The lowest BCUT2D eigenvalue weighted by molar-refractivity contribution is -0.124. The van der Waals surface area contributed by atoms with E-state index in [1.807, 2.05) is 65.8 Å². The summed E-state index contributed by atoms with van der Waals surface area (Å²) in [5, 5.41) is 6.96. The van der Waals surface area contributed by atoms with Crippen molar-refractivity contribution in [1.82, 2.24) is 10.1 Å². The molecular formula is C18H25N3O2. The van der Waals surface area contributed by atoms with Crippen molar-refractivity contribution >= 4 is 11.6 Å². The Morgan fingerprint density at radius 2 is 1.74 bits per heavy atom. The Bertz CT molecular complexity index is 679. The van der Waals surface area contributed by atoms with Crippen LogP contribution in [0.5, 0.6) is 0 Å². The van der Waals surface area contributed by atoms with Crippen LogP contribution in [0.4, 0.5) is 5.69 Å². The van der Waals surface area contributed by atoms with E-state index in [1.165, 1.54) is 0 Å². The number of aromatic nitrogens is 2. The molecule has 5 heteroatoms. The SMILES string of the molecule is CCC(C)(C)C(=O)Nc1ccc(-c2noc(C(C)(C)C)n2)cc1. The fraction of sp³-hybridized carbons (Fsp3) is 0.500. The first-order valence-electron chi connectivity index (χ1n) is 7.89. The minimum Gasteiger partial charge on any atom is -0.338 e. The summed E-state index contributed by atoms with van der Waals surface area (Å²) >= 11 is 0. The van der Waals surface area contributed by atoms with Crippen LogP contribution in [0.1, 0.15) is 53.9 Å². The average molecular weight is 315 g/mol. The van der Waals surface area contributed by atoms with Crippen LogP contribution in [0, 0.1) is 5.41 Å². The number of carbonyl (C=O) groups excluding carboxylic acids is 1. The summed E-state index contributed by atoms with van der Waals surface area (Å²) in [5.41, 5.74) is 1.07. The van der Waals surface area contributed by atoms with Gasteiger partial charge in [-0.25, -0.2) is 0 Å². The maximum Gasteiger partial charge on any atom is 0.232 e. The summed E-state index contributed by atoms with van der Waals surface area (Å²) in [6.07, 6.45) is 0.787. The van der Waals surface area contributed by atoms with E-state index >= 15 is 0 Å². The second-order valence-electron chi connectivity index (χ2n) is 7.44. The maximum atomic E-state index is 12.2. The molecular weight excluding hydrogens is 290 g/mol. The number of anilines is 1. The van der Waals surface area contributed by atoms with Gasteiger partial charge in [0.05, 0.1) is 0 Å². The van der Waals surface area contributed by atoms with Gasteiger partial charge in [0, 0.05) is 22.1 Å². The smallest absolute Gasteiger partial charge is 0.232 e. The Kier molecular flexibility index (Phi) is 4.59. The number of amides is 1. The lowest BCUT2D eigenvalue weighted by atomic mass is 9.89. The zero-order valence-corrected chi connectivity index (χ0v) is 14.7. The van der Waals surface area contributed by atoms with Crippen LogP contribution in [-0.2, 0) is 10.2 Å². The Balaban J connectivity index is 2.14. The van der Waals surface area contributed by atoms with E-state index in [-0.39, 0.29) is 16.7 Å². The number of nitrogens with one attached hydrogen (secondary N) is 1. The third kappa shape index (κ3) is 3.97. The molecule has 0 atom stereocenters. The van der Waals surface area contributed by atoms with Crippen molar-refractivity contribution in [2.75, 3.05) is 5.32 Å². The van der Waals surface area contributed by atoms with Gasteiger partial charge in [-0.1, -0.05) is 46.7 Å². The first-order chi connectivity index (χ1) is 10.6. The van der Waals surface area contributed by atoms with E-state index in [0.717, 1.165) is 17.7 Å². The Morgan fingerprint density at radius 1 is 1.13 bits per heavy atom. The van der Waals surface area contributed by atoms with Gasteiger partial charge in [0.15, 0.2) is 0 Å². The number of nitrogens with zero attached hydrogens (tertiary/aromatic N) is 2. The molecule has 1 N–H and O–H groups in total. The van der Waals surface area contributed by atoms with E-state index in [1.54, 1.807) is 0 Å². The van der Waals surface area contributed by atoms with Gasteiger partial charge in [0.2, 0.25) is 17.6 Å². The van der Waals surface area contributed by atoms with Crippen molar-refractivity contribution in [3.8, 4) is 11.4 Å². The highest BCUT2D eigenvalue weighted by atomic mass is 16.5. The summed E-state index contributed by atoms with van der Waals surface area (Å²) < 4.78 is 5.31. The van der Waals surface area contributed by atoms with Crippen molar-refractivity contribution < 1.29 is 9.32 Å². The van der Waals surface area contributed by atoms with Crippen molar-refractivity contribution in [3.05, 3.63) is 30.2 Å². The molecule has 1 aromatic carbocycles.